The highest BCUT2D eigenvalue weighted by molar-refractivity contribution is 5.91. The minimum absolute atomic E-state index is 0.0105. The van der Waals surface area contributed by atoms with Gasteiger partial charge >= 0.3 is 0 Å². The number of nitrogens with one attached hydrogen (secondary N) is 1. The zero-order valence-electron chi connectivity index (χ0n) is 16.5. The van der Waals surface area contributed by atoms with Crippen LogP contribution in [0.1, 0.15) is 45.4 Å². The van der Waals surface area contributed by atoms with Gasteiger partial charge in [0.2, 0.25) is 11.8 Å². The van der Waals surface area contributed by atoms with Crippen molar-refractivity contribution in [3.05, 3.63) is 41.7 Å². The zero-order chi connectivity index (χ0) is 19.6. The van der Waals surface area contributed by atoms with Crippen molar-refractivity contribution in [2.24, 2.45) is 11.8 Å². The van der Waals surface area contributed by atoms with Crippen molar-refractivity contribution in [1.29, 1.82) is 0 Å². The summed E-state index contributed by atoms with van der Waals surface area (Å²) in [5.41, 5.74) is 2.84. The van der Waals surface area contributed by atoms with E-state index in [1.54, 1.807) is 0 Å². The quantitative estimate of drug-likeness (QED) is 0.847. The Labute approximate surface area is 160 Å². The molecule has 2 aromatic rings. The highest BCUT2D eigenvalue weighted by Crippen LogP contribution is 2.30. The summed E-state index contributed by atoms with van der Waals surface area (Å²) in [4.78, 5) is 26.0. The molecule has 5 heteroatoms. The van der Waals surface area contributed by atoms with Crippen LogP contribution in [0.2, 0.25) is 0 Å². The second kappa shape index (κ2) is 7.99. The molecule has 0 unspecified atom stereocenters. The first-order chi connectivity index (χ1) is 12.8. The molecule has 2 amide bonds. The molecule has 0 fully saturated rings. The fourth-order valence-corrected chi connectivity index (χ4v) is 3.33. The summed E-state index contributed by atoms with van der Waals surface area (Å²) in [5.74, 6) is 2.33. The van der Waals surface area contributed by atoms with Gasteiger partial charge in [-0.15, -0.1) is 0 Å². The number of carbonyl (C=O) groups excluding carboxylic acids is 2. The Kier molecular flexibility index (Phi) is 5.68. The fourth-order valence-electron chi connectivity index (χ4n) is 3.33. The Balaban J connectivity index is 1.70. The number of anilines is 1. The van der Waals surface area contributed by atoms with Gasteiger partial charge in [0.25, 0.3) is 0 Å². The molecular formula is C22H28N2O3. The number of benzene rings is 1. The van der Waals surface area contributed by atoms with Gasteiger partial charge in [-0.25, -0.2) is 0 Å². The second-order valence-corrected chi connectivity index (χ2v) is 7.95. The van der Waals surface area contributed by atoms with E-state index in [-0.39, 0.29) is 17.7 Å². The van der Waals surface area contributed by atoms with Crippen LogP contribution in [-0.4, -0.2) is 23.3 Å². The van der Waals surface area contributed by atoms with E-state index in [9.17, 15) is 9.59 Å². The van der Waals surface area contributed by atoms with Crippen LogP contribution >= 0.6 is 0 Å². The molecule has 0 atom stereocenters. The first kappa shape index (κ1) is 19.2. The fraction of sp³-hybridized carbons (Fsp3) is 0.455. The Morgan fingerprint density at radius 2 is 1.85 bits per heavy atom. The molecule has 5 nitrogen and oxygen atoms in total. The third-order valence-corrected chi connectivity index (χ3v) is 4.72. The first-order valence-electron chi connectivity index (χ1n) is 9.64. The lowest BCUT2D eigenvalue weighted by Gasteiger charge is -2.27. The van der Waals surface area contributed by atoms with E-state index in [0.717, 1.165) is 34.8 Å². The number of fused-ring (bicyclic) bond motifs is 1. The number of hydrogen-bond donors (Lipinski definition) is 1. The highest BCUT2D eigenvalue weighted by atomic mass is 16.3. The van der Waals surface area contributed by atoms with Crippen LogP contribution in [0.3, 0.4) is 0 Å². The number of amides is 2. The molecule has 0 saturated heterocycles. The van der Waals surface area contributed by atoms with Crippen molar-refractivity contribution in [2.45, 2.75) is 47.1 Å². The van der Waals surface area contributed by atoms with Crippen LogP contribution in [0.5, 0.6) is 0 Å². The lowest BCUT2D eigenvalue weighted by molar-refractivity contribution is -0.135. The van der Waals surface area contributed by atoms with E-state index in [4.69, 9.17) is 4.42 Å². The molecule has 1 aliphatic heterocycles. The molecule has 27 heavy (non-hydrogen) atoms. The predicted molar refractivity (Wildman–Crippen MR) is 106 cm³/mol. The Bertz CT molecular complexity index is 819. The Hall–Kier alpha value is -2.56. The van der Waals surface area contributed by atoms with Crippen LogP contribution < -0.4 is 5.32 Å². The van der Waals surface area contributed by atoms with Gasteiger partial charge in [0.05, 0.1) is 0 Å². The van der Waals surface area contributed by atoms with Crippen LogP contribution in [0.25, 0.3) is 11.3 Å². The minimum atomic E-state index is 0.0105. The molecule has 1 N–H and O–H groups in total. The molecule has 2 heterocycles. The van der Waals surface area contributed by atoms with Gasteiger partial charge in [0.15, 0.2) is 0 Å². The number of furan rings is 1. The van der Waals surface area contributed by atoms with Crippen LogP contribution in [0.4, 0.5) is 5.69 Å². The normalized spacial score (nSPS) is 13.8. The van der Waals surface area contributed by atoms with Gasteiger partial charge in [-0.3, -0.25) is 9.59 Å². The van der Waals surface area contributed by atoms with Gasteiger partial charge in [0.1, 0.15) is 11.5 Å². The molecule has 144 valence electrons. The van der Waals surface area contributed by atoms with Crippen molar-refractivity contribution in [2.75, 3.05) is 11.9 Å². The Morgan fingerprint density at radius 3 is 2.48 bits per heavy atom. The molecule has 0 saturated carbocycles. The largest absolute Gasteiger partial charge is 0.461 e. The van der Waals surface area contributed by atoms with Crippen molar-refractivity contribution >= 4 is 17.5 Å². The van der Waals surface area contributed by atoms with E-state index < -0.39 is 0 Å². The lowest BCUT2D eigenvalue weighted by atomic mass is 10.1. The van der Waals surface area contributed by atoms with Crippen LogP contribution in [0.15, 0.2) is 34.7 Å². The molecule has 1 aromatic heterocycles. The molecule has 0 spiro atoms. The van der Waals surface area contributed by atoms with Crippen molar-refractivity contribution in [3.8, 4) is 11.3 Å². The van der Waals surface area contributed by atoms with Crippen molar-refractivity contribution in [1.82, 2.24) is 4.90 Å². The molecule has 0 aliphatic carbocycles. The van der Waals surface area contributed by atoms with Crippen molar-refractivity contribution < 1.29 is 14.0 Å². The third kappa shape index (κ3) is 4.59. The summed E-state index contributed by atoms with van der Waals surface area (Å²) >= 11 is 0. The average molecular weight is 368 g/mol. The summed E-state index contributed by atoms with van der Waals surface area (Å²) in [6, 6.07) is 9.72. The van der Waals surface area contributed by atoms with Gasteiger partial charge in [0, 0.05) is 48.7 Å². The lowest BCUT2D eigenvalue weighted by Crippen LogP contribution is -2.37. The standard InChI is InChI=1S/C22H28N2O3/c1-14(2)11-21(25)23-18-7-5-16(6-8-18)20-12-17-13-24(22(26)15(3)4)10-9-19(17)27-20/h5-8,12,14-15H,9-11,13H2,1-4H3,(H,23,25). The predicted octanol–water partition coefficient (Wildman–Crippen LogP) is 4.47. The van der Waals surface area contributed by atoms with Gasteiger partial charge in [-0.05, 0) is 36.2 Å². The second-order valence-electron chi connectivity index (χ2n) is 7.95. The van der Waals surface area contributed by atoms with E-state index >= 15 is 0 Å². The number of carbonyl (C=O) groups is 2. The summed E-state index contributed by atoms with van der Waals surface area (Å²) in [5, 5.41) is 2.92. The third-order valence-electron chi connectivity index (χ3n) is 4.72. The zero-order valence-corrected chi connectivity index (χ0v) is 16.5. The molecule has 3 rings (SSSR count). The molecular weight excluding hydrogens is 340 g/mol. The Morgan fingerprint density at radius 1 is 1.15 bits per heavy atom. The number of nitrogens with zero attached hydrogens (tertiary/aromatic N) is 1. The monoisotopic (exact) mass is 368 g/mol. The highest BCUT2D eigenvalue weighted by Gasteiger charge is 2.25. The van der Waals surface area contributed by atoms with E-state index in [2.05, 4.69) is 5.32 Å². The van der Waals surface area contributed by atoms with Gasteiger partial charge < -0.3 is 14.6 Å². The van der Waals surface area contributed by atoms with E-state index in [0.29, 0.717) is 25.4 Å². The summed E-state index contributed by atoms with van der Waals surface area (Å²) < 4.78 is 6.03. The molecule has 1 aromatic carbocycles. The summed E-state index contributed by atoms with van der Waals surface area (Å²) in [6.07, 6.45) is 1.26. The average Bonchev–Trinajstić information content (AvgIpc) is 3.04. The summed E-state index contributed by atoms with van der Waals surface area (Å²) in [7, 11) is 0. The summed E-state index contributed by atoms with van der Waals surface area (Å²) in [6.45, 7) is 9.23. The van der Waals surface area contributed by atoms with E-state index in [1.807, 2.05) is 62.9 Å². The van der Waals surface area contributed by atoms with Crippen LogP contribution in [-0.2, 0) is 22.6 Å². The smallest absolute Gasteiger partial charge is 0.225 e. The maximum Gasteiger partial charge on any atom is 0.225 e. The van der Waals surface area contributed by atoms with Gasteiger partial charge in [-0.1, -0.05) is 27.7 Å². The van der Waals surface area contributed by atoms with Gasteiger partial charge in [-0.2, -0.15) is 0 Å². The molecule has 0 bridgehead atoms. The first-order valence-corrected chi connectivity index (χ1v) is 9.64. The molecule has 1 aliphatic rings. The maximum absolute atomic E-state index is 12.2. The van der Waals surface area contributed by atoms with Crippen molar-refractivity contribution in [3.63, 3.8) is 0 Å². The maximum atomic E-state index is 12.2. The minimum Gasteiger partial charge on any atom is -0.461 e. The number of rotatable bonds is 5. The van der Waals surface area contributed by atoms with E-state index in [1.165, 1.54) is 0 Å². The van der Waals surface area contributed by atoms with Crippen LogP contribution in [0, 0.1) is 11.8 Å². The molecule has 0 radical (unpaired) electrons. The topological polar surface area (TPSA) is 62.6 Å². The SMILES string of the molecule is CC(C)CC(=O)Nc1ccc(-c2cc3c(o2)CCN(C(=O)C(C)C)C3)cc1. The number of hydrogen-bond acceptors (Lipinski definition) is 3.